The molecule has 0 aliphatic carbocycles. The molecule has 1 aromatic heterocycles. The minimum absolute atomic E-state index is 0.00182. The minimum atomic E-state index is -0.566. The van der Waals surface area contributed by atoms with Crippen molar-refractivity contribution >= 4 is 17.6 Å². The molecule has 1 unspecified atom stereocenters. The molecule has 2 N–H and O–H groups in total. The first-order valence-electron chi connectivity index (χ1n) is 9.12. The highest BCUT2D eigenvalue weighted by Crippen LogP contribution is 2.26. The third kappa shape index (κ3) is 5.18. The molecule has 2 aromatic rings. The van der Waals surface area contributed by atoms with E-state index in [0.29, 0.717) is 37.7 Å². The third-order valence-electron chi connectivity index (χ3n) is 4.55. The van der Waals surface area contributed by atoms with E-state index in [1.165, 1.54) is 30.0 Å². The number of carbonyl (C=O) groups is 1. The molecular weight excluding hydrogens is 384 g/mol. The molecule has 2 heterocycles. The number of methoxy groups -OCH3 is 1. The van der Waals surface area contributed by atoms with Crippen molar-refractivity contribution in [1.82, 2.24) is 25.6 Å². The van der Waals surface area contributed by atoms with E-state index in [-0.39, 0.29) is 18.3 Å². The fraction of sp³-hybridized carbons (Fsp3) is 0.444. The third-order valence-corrected chi connectivity index (χ3v) is 4.55. The molecule has 0 spiro atoms. The molecule has 3 rings (SSSR count). The standard InChI is InChI=1S/C18H23F2N7O2/c1-21-18(22-8-13-10-27(25-24-13)11-16(28)29-2)23-12-6-7-26(9-12)17-14(19)4-3-5-15(17)20/h3-5,10,12H,6-9,11H2,1-2H3,(H2,21,22,23). The summed E-state index contributed by atoms with van der Waals surface area (Å²) >= 11 is 0. The van der Waals surface area contributed by atoms with E-state index in [4.69, 9.17) is 0 Å². The summed E-state index contributed by atoms with van der Waals surface area (Å²) in [6.07, 6.45) is 2.35. The number of guanidine groups is 1. The van der Waals surface area contributed by atoms with Gasteiger partial charge in [-0.3, -0.25) is 9.79 Å². The Morgan fingerprint density at radius 3 is 2.83 bits per heavy atom. The van der Waals surface area contributed by atoms with Crippen LogP contribution in [-0.2, 0) is 22.6 Å². The number of anilines is 1. The average Bonchev–Trinajstić information content (AvgIpc) is 3.34. The number of aromatic nitrogens is 3. The SMILES string of the molecule is CN=C(NCc1cn(CC(=O)OC)nn1)NC1CCN(c2c(F)cccc2F)C1. The first kappa shape index (κ1) is 20.5. The zero-order chi connectivity index (χ0) is 20.8. The van der Waals surface area contributed by atoms with E-state index in [0.717, 1.165) is 0 Å². The van der Waals surface area contributed by atoms with Gasteiger partial charge in [-0.25, -0.2) is 13.5 Å². The van der Waals surface area contributed by atoms with Gasteiger partial charge in [0.1, 0.15) is 29.6 Å². The van der Waals surface area contributed by atoms with Crippen molar-refractivity contribution in [3.63, 3.8) is 0 Å². The van der Waals surface area contributed by atoms with Crippen LogP contribution in [0.1, 0.15) is 12.1 Å². The van der Waals surface area contributed by atoms with Crippen LogP contribution in [-0.4, -0.2) is 60.2 Å². The lowest BCUT2D eigenvalue weighted by atomic mass is 10.2. The van der Waals surface area contributed by atoms with Gasteiger partial charge in [0.25, 0.3) is 0 Å². The predicted molar refractivity (Wildman–Crippen MR) is 102 cm³/mol. The summed E-state index contributed by atoms with van der Waals surface area (Å²) in [6, 6.07) is 3.85. The summed E-state index contributed by atoms with van der Waals surface area (Å²) in [4.78, 5) is 17.1. The molecule has 29 heavy (non-hydrogen) atoms. The van der Waals surface area contributed by atoms with Crippen LogP contribution in [0.25, 0.3) is 0 Å². The molecular formula is C18H23F2N7O2. The topological polar surface area (TPSA) is 96.7 Å². The lowest BCUT2D eigenvalue weighted by molar-refractivity contribution is -0.141. The average molecular weight is 407 g/mol. The van der Waals surface area contributed by atoms with Gasteiger partial charge >= 0.3 is 5.97 Å². The van der Waals surface area contributed by atoms with E-state index < -0.39 is 17.6 Å². The summed E-state index contributed by atoms with van der Waals surface area (Å²) in [6.45, 7) is 1.32. The van der Waals surface area contributed by atoms with Crippen LogP contribution in [0.15, 0.2) is 29.4 Å². The first-order chi connectivity index (χ1) is 14.0. The molecule has 1 fully saturated rings. The number of rotatable bonds is 6. The Morgan fingerprint density at radius 2 is 2.14 bits per heavy atom. The lowest BCUT2D eigenvalue weighted by Gasteiger charge is -2.21. The van der Waals surface area contributed by atoms with Gasteiger partial charge in [-0.1, -0.05) is 11.3 Å². The molecule has 9 nitrogen and oxygen atoms in total. The number of carbonyl (C=O) groups excluding carboxylic acids is 1. The van der Waals surface area contributed by atoms with Crippen LogP contribution < -0.4 is 15.5 Å². The number of hydrogen-bond donors (Lipinski definition) is 2. The maximum Gasteiger partial charge on any atom is 0.327 e. The van der Waals surface area contributed by atoms with Crippen LogP contribution >= 0.6 is 0 Å². The zero-order valence-corrected chi connectivity index (χ0v) is 16.2. The maximum atomic E-state index is 14.0. The van der Waals surface area contributed by atoms with Crippen molar-refractivity contribution < 1.29 is 18.3 Å². The fourth-order valence-corrected chi connectivity index (χ4v) is 3.13. The number of halogens is 2. The van der Waals surface area contributed by atoms with E-state index >= 15 is 0 Å². The lowest BCUT2D eigenvalue weighted by Crippen LogP contribution is -2.44. The van der Waals surface area contributed by atoms with Gasteiger partial charge in [0.05, 0.1) is 19.9 Å². The van der Waals surface area contributed by atoms with Crippen LogP contribution in [0, 0.1) is 11.6 Å². The highest BCUT2D eigenvalue weighted by atomic mass is 19.1. The van der Waals surface area contributed by atoms with Crippen LogP contribution in [0.2, 0.25) is 0 Å². The number of hydrogen-bond acceptors (Lipinski definition) is 6. The maximum absolute atomic E-state index is 14.0. The zero-order valence-electron chi connectivity index (χ0n) is 16.2. The monoisotopic (exact) mass is 407 g/mol. The van der Waals surface area contributed by atoms with Crippen LogP contribution in [0.3, 0.4) is 0 Å². The van der Waals surface area contributed by atoms with Gasteiger partial charge < -0.3 is 20.3 Å². The summed E-state index contributed by atoms with van der Waals surface area (Å²) in [5.41, 5.74) is 0.625. The first-order valence-corrected chi connectivity index (χ1v) is 9.12. The van der Waals surface area contributed by atoms with Crippen molar-refractivity contribution in [3.8, 4) is 0 Å². The van der Waals surface area contributed by atoms with Gasteiger partial charge in [-0.05, 0) is 18.6 Å². The largest absolute Gasteiger partial charge is 0.468 e. The van der Waals surface area contributed by atoms with Crippen molar-refractivity contribution in [2.24, 2.45) is 4.99 Å². The van der Waals surface area contributed by atoms with E-state index in [1.807, 2.05) is 0 Å². The number of ether oxygens (including phenoxy) is 1. The number of aliphatic imine (C=N–C) groups is 1. The predicted octanol–water partition coefficient (Wildman–Crippen LogP) is 0.673. The Labute approximate surface area is 166 Å². The second kappa shape index (κ2) is 9.30. The Balaban J connectivity index is 1.51. The van der Waals surface area contributed by atoms with E-state index in [2.05, 4.69) is 30.7 Å². The van der Waals surface area contributed by atoms with E-state index in [1.54, 1.807) is 18.1 Å². The second-order valence-electron chi connectivity index (χ2n) is 6.56. The van der Waals surface area contributed by atoms with Crippen LogP contribution in [0.4, 0.5) is 14.5 Å². The highest BCUT2D eigenvalue weighted by Gasteiger charge is 2.27. The molecule has 0 amide bonds. The van der Waals surface area contributed by atoms with Crippen molar-refractivity contribution in [2.75, 3.05) is 32.1 Å². The van der Waals surface area contributed by atoms with Gasteiger partial charge in [0.15, 0.2) is 5.96 Å². The summed E-state index contributed by atoms with van der Waals surface area (Å²) in [7, 11) is 2.94. The Kier molecular flexibility index (Phi) is 6.57. The molecule has 0 saturated carbocycles. The van der Waals surface area contributed by atoms with Gasteiger partial charge in [-0.2, -0.15) is 0 Å². The number of benzene rings is 1. The summed E-state index contributed by atoms with van der Waals surface area (Å²) in [5.74, 6) is -1.01. The number of nitrogens with one attached hydrogen (secondary N) is 2. The van der Waals surface area contributed by atoms with Crippen LogP contribution in [0.5, 0.6) is 0 Å². The summed E-state index contributed by atoms with van der Waals surface area (Å²) in [5, 5.41) is 14.2. The molecule has 11 heteroatoms. The van der Waals surface area contributed by atoms with Crippen molar-refractivity contribution in [2.45, 2.75) is 25.6 Å². The minimum Gasteiger partial charge on any atom is -0.468 e. The van der Waals surface area contributed by atoms with Gasteiger partial charge in [0, 0.05) is 26.2 Å². The molecule has 0 bridgehead atoms. The van der Waals surface area contributed by atoms with Crippen molar-refractivity contribution in [3.05, 3.63) is 41.7 Å². The van der Waals surface area contributed by atoms with Gasteiger partial charge in [0.2, 0.25) is 0 Å². The summed E-state index contributed by atoms with van der Waals surface area (Å²) < 4.78 is 33.9. The fourth-order valence-electron chi connectivity index (χ4n) is 3.13. The van der Waals surface area contributed by atoms with Gasteiger partial charge in [-0.15, -0.1) is 5.10 Å². The molecule has 1 saturated heterocycles. The number of esters is 1. The molecule has 1 aromatic carbocycles. The molecule has 0 radical (unpaired) electrons. The quantitative estimate of drug-likeness (QED) is 0.413. The molecule has 1 aliphatic rings. The second-order valence-corrected chi connectivity index (χ2v) is 6.56. The molecule has 1 aliphatic heterocycles. The molecule has 1 atom stereocenters. The number of para-hydroxylation sites is 1. The Hall–Kier alpha value is -3.24. The number of nitrogens with zero attached hydrogens (tertiary/aromatic N) is 5. The highest BCUT2D eigenvalue weighted by molar-refractivity contribution is 5.80. The molecule has 156 valence electrons. The Morgan fingerprint density at radius 1 is 1.38 bits per heavy atom. The van der Waals surface area contributed by atoms with Crippen molar-refractivity contribution in [1.29, 1.82) is 0 Å². The van der Waals surface area contributed by atoms with E-state index in [9.17, 15) is 13.6 Å². The smallest absolute Gasteiger partial charge is 0.327 e. The Bertz CT molecular complexity index is 867. The normalized spacial score (nSPS) is 16.8.